The molecule has 1 N–H and O–H groups in total. The van der Waals surface area contributed by atoms with Crippen molar-refractivity contribution in [3.8, 4) is 16.9 Å². The van der Waals surface area contributed by atoms with Gasteiger partial charge >= 0.3 is 0 Å². The molecular weight excluding hydrogens is 325 g/mol. The van der Waals surface area contributed by atoms with Crippen molar-refractivity contribution in [2.24, 2.45) is 7.05 Å². The number of fused-ring (bicyclic) bond motifs is 3. The van der Waals surface area contributed by atoms with Crippen LogP contribution in [-0.2, 0) is 13.5 Å². The quantitative estimate of drug-likeness (QED) is 0.777. The summed E-state index contributed by atoms with van der Waals surface area (Å²) in [6, 6.07) is 1.73. The average molecular weight is 343 g/mol. The van der Waals surface area contributed by atoms with E-state index < -0.39 is 5.82 Å². The molecular formula is C18H18FN3O3. The molecule has 25 heavy (non-hydrogen) atoms. The SMILES string of the molecule is COc1cc2c3c(n(C)c2c(F)c1-c1c(C)noc1C)CCNC3=O. The highest BCUT2D eigenvalue weighted by Gasteiger charge is 2.30. The van der Waals surface area contributed by atoms with E-state index in [-0.39, 0.29) is 5.91 Å². The second-order valence-corrected chi connectivity index (χ2v) is 6.25. The first kappa shape index (κ1) is 15.7. The summed E-state index contributed by atoms with van der Waals surface area (Å²) in [6.07, 6.45) is 0.661. The second-order valence-electron chi connectivity index (χ2n) is 6.25. The summed E-state index contributed by atoms with van der Waals surface area (Å²) >= 11 is 0. The van der Waals surface area contributed by atoms with Gasteiger partial charge in [-0.2, -0.15) is 0 Å². The van der Waals surface area contributed by atoms with Crippen LogP contribution in [0.5, 0.6) is 5.75 Å². The third kappa shape index (κ3) is 2.01. The molecule has 6 nitrogen and oxygen atoms in total. The Morgan fingerprint density at radius 2 is 2.08 bits per heavy atom. The number of hydrogen-bond donors (Lipinski definition) is 1. The van der Waals surface area contributed by atoms with E-state index in [9.17, 15) is 4.79 Å². The minimum atomic E-state index is -0.437. The van der Waals surface area contributed by atoms with Crippen LogP contribution in [0.4, 0.5) is 4.39 Å². The number of amides is 1. The zero-order chi connectivity index (χ0) is 17.9. The summed E-state index contributed by atoms with van der Waals surface area (Å²) in [5.41, 5.74) is 3.22. The number of rotatable bonds is 2. The maximum atomic E-state index is 15.6. The number of aromatic nitrogens is 2. The molecule has 1 aliphatic rings. The molecule has 3 aromatic rings. The van der Waals surface area contributed by atoms with Crippen molar-refractivity contribution in [1.82, 2.24) is 15.0 Å². The normalized spacial score (nSPS) is 13.9. The Labute approximate surface area is 143 Å². The Bertz CT molecular complexity index is 1010. The van der Waals surface area contributed by atoms with Crippen molar-refractivity contribution >= 4 is 16.8 Å². The van der Waals surface area contributed by atoms with E-state index in [1.54, 1.807) is 31.5 Å². The molecule has 1 amide bonds. The highest BCUT2D eigenvalue weighted by Crippen LogP contribution is 2.42. The molecule has 0 unspecified atom stereocenters. The predicted octanol–water partition coefficient (Wildman–Crippen LogP) is 2.88. The lowest BCUT2D eigenvalue weighted by atomic mass is 9.98. The summed E-state index contributed by atoms with van der Waals surface area (Å²) < 4.78 is 28.0. The first-order chi connectivity index (χ1) is 12.0. The number of halogens is 1. The third-order valence-corrected chi connectivity index (χ3v) is 4.88. The maximum absolute atomic E-state index is 15.6. The van der Waals surface area contributed by atoms with Gasteiger partial charge in [-0.3, -0.25) is 4.79 Å². The van der Waals surface area contributed by atoms with Gasteiger partial charge in [0.15, 0.2) is 5.82 Å². The zero-order valence-corrected chi connectivity index (χ0v) is 14.5. The van der Waals surface area contributed by atoms with Crippen LogP contribution in [0.15, 0.2) is 10.6 Å². The van der Waals surface area contributed by atoms with Gasteiger partial charge in [-0.25, -0.2) is 4.39 Å². The molecule has 0 atom stereocenters. The molecule has 1 aromatic carbocycles. The molecule has 0 bridgehead atoms. The van der Waals surface area contributed by atoms with Gasteiger partial charge in [0.05, 0.1) is 35.0 Å². The van der Waals surface area contributed by atoms with Crippen molar-refractivity contribution in [2.45, 2.75) is 20.3 Å². The van der Waals surface area contributed by atoms with E-state index in [1.807, 2.05) is 0 Å². The van der Waals surface area contributed by atoms with E-state index in [1.165, 1.54) is 7.11 Å². The first-order valence-corrected chi connectivity index (χ1v) is 8.04. The van der Waals surface area contributed by atoms with Crippen molar-refractivity contribution in [1.29, 1.82) is 0 Å². The Morgan fingerprint density at radius 3 is 2.72 bits per heavy atom. The number of carbonyl (C=O) groups is 1. The number of ether oxygens (including phenoxy) is 1. The number of methoxy groups -OCH3 is 1. The van der Waals surface area contributed by atoms with Crippen molar-refractivity contribution in [2.75, 3.05) is 13.7 Å². The number of nitrogens with zero attached hydrogens (tertiary/aromatic N) is 2. The highest BCUT2D eigenvalue weighted by molar-refractivity contribution is 6.10. The lowest BCUT2D eigenvalue weighted by molar-refractivity contribution is 0.0947. The number of hydrogen-bond acceptors (Lipinski definition) is 4. The van der Waals surface area contributed by atoms with Crippen LogP contribution in [0.1, 0.15) is 27.5 Å². The maximum Gasteiger partial charge on any atom is 0.253 e. The molecule has 0 spiro atoms. The summed E-state index contributed by atoms with van der Waals surface area (Å²) in [4.78, 5) is 12.3. The minimum Gasteiger partial charge on any atom is -0.496 e. The Kier molecular flexibility index (Phi) is 3.35. The van der Waals surface area contributed by atoms with Crippen LogP contribution in [0.2, 0.25) is 0 Å². The van der Waals surface area contributed by atoms with Gasteiger partial charge in [0.1, 0.15) is 11.5 Å². The largest absolute Gasteiger partial charge is 0.496 e. The molecule has 0 aliphatic carbocycles. The zero-order valence-electron chi connectivity index (χ0n) is 14.5. The standard InChI is InChI=1S/C18H18FN3O3/c1-8-13(9(2)25-21-8)15-12(24-4)7-10-14-11(5-6-20-18(14)23)22(3)17(10)16(15)19/h7H,5-6H2,1-4H3,(H,20,23). The van der Waals surface area contributed by atoms with Crippen LogP contribution < -0.4 is 10.1 Å². The van der Waals surface area contributed by atoms with Crippen molar-refractivity contribution in [3.63, 3.8) is 0 Å². The van der Waals surface area contributed by atoms with E-state index in [2.05, 4.69) is 10.5 Å². The molecule has 1 aliphatic heterocycles. The molecule has 7 heteroatoms. The topological polar surface area (TPSA) is 69.3 Å². The fourth-order valence-electron chi connectivity index (χ4n) is 3.76. The molecule has 0 saturated heterocycles. The summed E-state index contributed by atoms with van der Waals surface area (Å²) in [5.74, 6) is 0.254. The van der Waals surface area contributed by atoms with E-state index >= 15 is 4.39 Å². The van der Waals surface area contributed by atoms with Crippen LogP contribution in [0, 0.1) is 19.7 Å². The van der Waals surface area contributed by atoms with Crippen molar-refractivity contribution in [3.05, 3.63) is 34.6 Å². The Balaban J connectivity index is 2.15. The number of carbonyl (C=O) groups excluding carboxylic acids is 1. The molecule has 4 rings (SSSR count). The van der Waals surface area contributed by atoms with Crippen molar-refractivity contribution < 1.29 is 18.4 Å². The number of aryl methyl sites for hydroxylation is 3. The summed E-state index contributed by atoms with van der Waals surface area (Å²) in [6.45, 7) is 4.05. The lowest BCUT2D eigenvalue weighted by Crippen LogP contribution is -2.32. The smallest absolute Gasteiger partial charge is 0.253 e. The van der Waals surface area contributed by atoms with Crippen LogP contribution in [0.25, 0.3) is 22.0 Å². The summed E-state index contributed by atoms with van der Waals surface area (Å²) in [7, 11) is 3.27. The number of nitrogens with one attached hydrogen (secondary N) is 1. The van der Waals surface area contributed by atoms with Crippen LogP contribution in [-0.4, -0.2) is 29.3 Å². The third-order valence-electron chi connectivity index (χ3n) is 4.88. The fourth-order valence-corrected chi connectivity index (χ4v) is 3.76. The molecule has 0 saturated carbocycles. The van der Waals surface area contributed by atoms with Crippen LogP contribution in [0.3, 0.4) is 0 Å². The average Bonchev–Trinajstić information content (AvgIpc) is 3.06. The monoisotopic (exact) mass is 343 g/mol. The molecule has 0 radical (unpaired) electrons. The van der Waals surface area contributed by atoms with Gasteiger partial charge < -0.3 is 19.1 Å². The molecule has 3 heterocycles. The fraction of sp³-hybridized carbons (Fsp3) is 0.333. The second kappa shape index (κ2) is 5.34. The lowest BCUT2D eigenvalue weighted by Gasteiger charge is -2.14. The van der Waals surface area contributed by atoms with E-state index in [0.29, 0.717) is 57.8 Å². The van der Waals surface area contributed by atoms with Gasteiger partial charge in [-0.05, 0) is 19.9 Å². The minimum absolute atomic E-state index is 0.182. The Morgan fingerprint density at radius 1 is 1.32 bits per heavy atom. The highest BCUT2D eigenvalue weighted by atomic mass is 19.1. The van der Waals surface area contributed by atoms with E-state index in [4.69, 9.17) is 9.26 Å². The first-order valence-electron chi connectivity index (χ1n) is 8.04. The van der Waals surface area contributed by atoms with Gasteiger partial charge in [0, 0.05) is 31.1 Å². The predicted molar refractivity (Wildman–Crippen MR) is 90.4 cm³/mol. The molecule has 130 valence electrons. The number of benzene rings is 1. The molecule has 2 aromatic heterocycles. The molecule has 0 fully saturated rings. The van der Waals surface area contributed by atoms with Gasteiger partial charge in [0.2, 0.25) is 0 Å². The van der Waals surface area contributed by atoms with Crippen LogP contribution >= 0.6 is 0 Å². The summed E-state index contributed by atoms with van der Waals surface area (Å²) in [5, 5.41) is 7.30. The van der Waals surface area contributed by atoms with Gasteiger partial charge in [0.25, 0.3) is 5.91 Å². The van der Waals surface area contributed by atoms with E-state index in [0.717, 1.165) is 5.69 Å². The van der Waals surface area contributed by atoms with Gasteiger partial charge in [-0.15, -0.1) is 0 Å². The Hall–Kier alpha value is -2.83. The van der Waals surface area contributed by atoms with Gasteiger partial charge in [-0.1, -0.05) is 5.16 Å².